The van der Waals surface area contributed by atoms with Crippen molar-refractivity contribution in [2.24, 2.45) is 16.3 Å². The summed E-state index contributed by atoms with van der Waals surface area (Å²) in [6.45, 7) is 0.808. The monoisotopic (exact) mass is 327 g/mol. The summed E-state index contributed by atoms with van der Waals surface area (Å²) in [4.78, 5) is 0. The number of hydrogen-bond acceptors (Lipinski definition) is 4. The van der Waals surface area contributed by atoms with E-state index in [9.17, 15) is 0 Å². The van der Waals surface area contributed by atoms with Gasteiger partial charge in [-0.05, 0) is 30.4 Å². The Hall–Kier alpha value is -1.43. The third-order valence-corrected chi connectivity index (χ3v) is 3.87. The highest BCUT2D eigenvalue weighted by Crippen LogP contribution is 2.48. The van der Waals surface area contributed by atoms with Crippen molar-refractivity contribution in [2.75, 3.05) is 19.0 Å². The van der Waals surface area contributed by atoms with Crippen LogP contribution in [0.15, 0.2) is 27.8 Å². The number of nitrogens with one attached hydrogen (secondary N) is 1. The van der Waals surface area contributed by atoms with Gasteiger partial charge in [0, 0.05) is 29.2 Å². The molecule has 5 nitrogen and oxygen atoms in total. The van der Waals surface area contributed by atoms with Gasteiger partial charge in [0.1, 0.15) is 11.6 Å². The van der Waals surface area contributed by atoms with Gasteiger partial charge < -0.3 is 21.0 Å². The van der Waals surface area contributed by atoms with Gasteiger partial charge in [0.25, 0.3) is 0 Å². The molecule has 1 aliphatic rings. The van der Waals surface area contributed by atoms with E-state index in [1.807, 2.05) is 18.2 Å². The molecule has 0 spiro atoms. The van der Waals surface area contributed by atoms with Crippen LogP contribution in [0.5, 0.6) is 5.75 Å². The Morgan fingerprint density at radius 1 is 1.53 bits per heavy atom. The van der Waals surface area contributed by atoms with E-state index in [-0.39, 0.29) is 5.41 Å². The third-order valence-electron chi connectivity index (χ3n) is 3.42. The molecule has 6 heteroatoms. The molecule has 4 N–H and O–H groups in total. The molecule has 1 aliphatic carbocycles. The molecule has 0 aromatic heterocycles. The van der Waals surface area contributed by atoms with Crippen molar-refractivity contribution >= 4 is 27.5 Å². The second-order valence-electron chi connectivity index (χ2n) is 5.00. The van der Waals surface area contributed by atoms with Gasteiger partial charge in [-0.1, -0.05) is 21.1 Å². The minimum Gasteiger partial charge on any atom is -0.497 e. The molecule has 19 heavy (non-hydrogen) atoms. The van der Waals surface area contributed by atoms with Gasteiger partial charge in [0.05, 0.1) is 7.11 Å². The molecule has 0 aliphatic heterocycles. The fourth-order valence-electron chi connectivity index (χ4n) is 2.08. The van der Waals surface area contributed by atoms with Crippen LogP contribution in [0.3, 0.4) is 0 Å². The minimum atomic E-state index is 0.131. The smallest absolute Gasteiger partial charge is 0.139 e. The van der Waals surface area contributed by atoms with E-state index in [0.29, 0.717) is 12.3 Å². The summed E-state index contributed by atoms with van der Waals surface area (Å²) >= 11 is 3.45. The number of hydrogen-bond donors (Lipinski definition) is 3. The SMILES string of the molecule is COc1cc(Br)cc(NCC2(C/C(N)=N/O)CC2)c1. The molecule has 104 valence electrons. The predicted octanol–water partition coefficient (Wildman–Crippen LogP) is 2.79. The number of amidine groups is 1. The summed E-state index contributed by atoms with van der Waals surface area (Å²) in [5, 5.41) is 15.1. The van der Waals surface area contributed by atoms with Gasteiger partial charge in [-0.15, -0.1) is 0 Å². The first-order chi connectivity index (χ1) is 9.07. The zero-order valence-corrected chi connectivity index (χ0v) is 12.4. The van der Waals surface area contributed by atoms with E-state index in [0.717, 1.165) is 35.3 Å². The predicted molar refractivity (Wildman–Crippen MR) is 78.9 cm³/mol. The Kier molecular flexibility index (Phi) is 4.19. The molecule has 1 aromatic carbocycles. The van der Waals surface area contributed by atoms with Crippen molar-refractivity contribution in [2.45, 2.75) is 19.3 Å². The Morgan fingerprint density at radius 2 is 2.26 bits per heavy atom. The highest BCUT2D eigenvalue weighted by molar-refractivity contribution is 9.10. The fraction of sp³-hybridized carbons (Fsp3) is 0.462. The van der Waals surface area contributed by atoms with E-state index < -0.39 is 0 Å². The van der Waals surface area contributed by atoms with Crippen molar-refractivity contribution < 1.29 is 9.94 Å². The van der Waals surface area contributed by atoms with Crippen molar-refractivity contribution in [3.63, 3.8) is 0 Å². The first-order valence-electron chi connectivity index (χ1n) is 6.12. The molecule has 0 unspecified atom stereocenters. The zero-order valence-electron chi connectivity index (χ0n) is 10.8. The molecule has 1 saturated carbocycles. The summed E-state index contributed by atoms with van der Waals surface area (Å²) in [5.41, 5.74) is 6.71. The van der Waals surface area contributed by atoms with Crippen LogP contribution < -0.4 is 15.8 Å². The molecule has 0 saturated heterocycles. The van der Waals surface area contributed by atoms with Gasteiger partial charge >= 0.3 is 0 Å². The molecule has 1 fully saturated rings. The lowest BCUT2D eigenvalue weighted by atomic mass is 10.0. The normalized spacial score (nSPS) is 17.1. The van der Waals surface area contributed by atoms with Gasteiger partial charge in [-0.2, -0.15) is 0 Å². The van der Waals surface area contributed by atoms with Gasteiger partial charge in [-0.25, -0.2) is 0 Å². The van der Waals surface area contributed by atoms with Crippen LogP contribution in [0.25, 0.3) is 0 Å². The average Bonchev–Trinajstić information content (AvgIpc) is 3.16. The lowest BCUT2D eigenvalue weighted by Gasteiger charge is -2.16. The number of nitrogens with zero attached hydrogens (tertiary/aromatic N) is 1. The highest BCUT2D eigenvalue weighted by Gasteiger charge is 2.43. The molecule has 0 radical (unpaired) electrons. The summed E-state index contributed by atoms with van der Waals surface area (Å²) in [6, 6.07) is 5.86. The van der Waals surface area contributed by atoms with Crippen molar-refractivity contribution in [1.82, 2.24) is 0 Å². The Bertz CT molecular complexity index is 487. The number of oxime groups is 1. The van der Waals surface area contributed by atoms with Crippen LogP contribution in [0, 0.1) is 5.41 Å². The van der Waals surface area contributed by atoms with Gasteiger partial charge in [0.2, 0.25) is 0 Å². The summed E-state index contributed by atoms with van der Waals surface area (Å²) in [7, 11) is 1.65. The summed E-state index contributed by atoms with van der Waals surface area (Å²) < 4.78 is 6.19. The van der Waals surface area contributed by atoms with E-state index in [1.54, 1.807) is 7.11 Å². The molecule has 0 heterocycles. The van der Waals surface area contributed by atoms with Crippen LogP contribution in [0.2, 0.25) is 0 Å². The maximum absolute atomic E-state index is 8.64. The minimum absolute atomic E-state index is 0.131. The topological polar surface area (TPSA) is 79.9 Å². The number of ether oxygens (including phenoxy) is 1. The quantitative estimate of drug-likeness (QED) is 0.325. The van der Waals surface area contributed by atoms with E-state index >= 15 is 0 Å². The Labute approximate surface area is 120 Å². The number of benzene rings is 1. The van der Waals surface area contributed by atoms with E-state index in [1.165, 1.54) is 0 Å². The first kappa shape index (κ1) is 14.0. The fourth-order valence-corrected chi connectivity index (χ4v) is 2.56. The molecule has 0 amide bonds. The van der Waals surface area contributed by atoms with E-state index in [2.05, 4.69) is 26.4 Å². The van der Waals surface area contributed by atoms with Gasteiger partial charge in [0.15, 0.2) is 0 Å². The summed E-state index contributed by atoms with van der Waals surface area (Å²) in [6.07, 6.45) is 2.82. The second kappa shape index (κ2) is 5.69. The number of rotatable bonds is 6. The maximum Gasteiger partial charge on any atom is 0.139 e. The lowest BCUT2D eigenvalue weighted by molar-refractivity contribution is 0.315. The lowest BCUT2D eigenvalue weighted by Crippen LogP contribution is -2.23. The first-order valence-corrected chi connectivity index (χ1v) is 6.91. The van der Waals surface area contributed by atoms with Crippen molar-refractivity contribution in [3.05, 3.63) is 22.7 Å². The summed E-state index contributed by atoms with van der Waals surface area (Å²) in [5.74, 6) is 1.10. The molecule has 1 aromatic rings. The largest absolute Gasteiger partial charge is 0.497 e. The van der Waals surface area contributed by atoms with Crippen LogP contribution in [-0.4, -0.2) is 24.7 Å². The van der Waals surface area contributed by atoms with Crippen LogP contribution in [-0.2, 0) is 0 Å². The third kappa shape index (κ3) is 3.76. The molecular weight excluding hydrogens is 310 g/mol. The Balaban J connectivity index is 1.97. The van der Waals surface area contributed by atoms with Crippen LogP contribution >= 0.6 is 15.9 Å². The van der Waals surface area contributed by atoms with E-state index in [4.69, 9.17) is 15.7 Å². The molecule has 2 rings (SSSR count). The highest BCUT2D eigenvalue weighted by atomic mass is 79.9. The number of methoxy groups -OCH3 is 1. The molecule has 0 bridgehead atoms. The van der Waals surface area contributed by atoms with Gasteiger partial charge in [-0.3, -0.25) is 0 Å². The number of anilines is 1. The van der Waals surface area contributed by atoms with Crippen LogP contribution in [0.4, 0.5) is 5.69 Å². The Morgan fingerprint density at radius 3 is 2.84 bits per heavy atom. The van der Waals surface area contributed by atoms with Crippen molar-refractivity contribution in [1.29, 1.82) is 0 Å². The van der Waals surface area contributed by atoms with Crippen LogP contribution in [0.1, 0.15) is 19.3 Å². The average molecular weight is 328 g/mol. The maximum atomic E-state index is 8.64. The van der Waals surface area contributed by atoms with Crippen molar-refractivity contribution in [3.8, 4) is 5.75 Å². The zero-order chi connectivity index (χ0) is 13.9. The number of nitrogens with two attached hydrogens (primary N) is 1. The molecule has 0 atom stereocenters. The number of halogens is 1. The second-order valence-corrected chi connectivity index (χ2v) is 5.92. The standard InChI is InChI=1S/C13H18BrN3O2/c1-19-11-5-9(14)4-10(6-11)16-8-13(2-3-13)7-12(15)17-18/h4-6,16,18H,2-3,7-8H2,1H3,(H2,15,17). The molecular formula is C13H18BrN3O2.